The molecule has 2 aromatic carbocycles. The standard InChI is InChI=1S/C13H10Br2ClN/c14-10-5-6-13(11(15)7-10)17-8-9-3-1-2-4-12(9)16/h1-7,17H,8H2. The van der Waals surface area contributed by atoms with Gasteiger partial charge in [-0.3, -0.25) is 0 Å². The lowest BCUT2D eigenvalue weighted by molar-refractivity contribution is 1.15. The average molecular weight is 375 g/mol. The van der Waals surface area contributed by atoms with Gasteiger partial charge in [-0.1, -0.05) is 45.7 Å². The summed E-state index contributed by atoms with van der Waals surface area (Å²) in [6, 6.07) is 13.9. The van der Waals surface area contributed by atoms with Gasteiger partial charge in [0.1, 0.15) is 0 Å². The number of rotatable bonds is 3. The predicted molar refractivity (Wildman–Crippen MR) is 80.6 cm³/mol. The summed E-state index contributed by atoms with van der Waals surface area (Å²) in [5, 5.41) is 4.13. The molecule has 0 aromatic heterocycles. The van der Waals surface area contributed by atoms with Gasteiger partial charge >= 0.3 is 0 Å². The molecule has 1 N–H and O–H groups in total. The molecular weight excluding hydrogens is 365 g/mol. The van der Waals surface area contributed by atoms with Gasteiger partial charge in [0.05, 0.1) is 0 Å². The summed E-state index contributed by atoms with van der Waals surface area (Å²) < 4.78 is 2.08. The maximum atomic E-state index is 6.10. The van der Waals surface area contributed by atoms with E-state index in [1.807, 2.05) is 42.5 Å². The molecule has 2 rings (SSSR count). The van der Waals surface area contributed by atoms with Crippen LogP contribution in [-0.2, 0) is 6.54 Å². The van der Waals surface area contributed by atoms with Gasteiger partial charge < -0.3 is 5.32 Å². The van der Waals surface area contributed by atoms with Gasteiger partial charge in [-0.15, -0.1) is 0 Å². The number of hydrogen-bond donors (Lipinski definition) is 1. The highest BCUT2D eigenvalue weighted by molar-refractivity contribution is 9.11. The topological polar surface area (TPSA) is 12.0 Å². The van der Waals surface area contributed by atoms with Crippen LogP contribution in [0.5, 0.6) is 0 Å². The van der Waals surface area contributed by atoms with Crippen molar-refractivity contribution in [2.75, 3.05) is 5.32 Å². The minimum atomic E-state index is 0.708. The van der Waals surface area contributed by atoms with Crippen LogP contribution < -0.4 is 5.32 Å². The van der Waals surface area contributed by atoms with E-state index in [2.05, 4.69) is 37.2 Å². The Morgan fingerprint density at radius 3 is 2.53 bits per heavy atom. The summed E-state index contributed by atoms with van der Waals surface area (Å²) in [5.41, 5.74) is 2.14. The van der Waals surface area contributed by atoms with Gasteiger partial charge in [-0.2, -0.15) is 0 Å². The van der Waals surface area contributed by atoms with Gasteiger partial charge in [0, 0.05) is 26.2 Å². The lowest BCUT2D eigenvalue weighted by Crippen LogP contribution is -2.00. The molecule has 17 heavy (non-hydrogen) atoms. The Bertz CT molecular complexity index is 529. The zero-order valence-electron chi connectivity index (χ0n) is 8.88. The molecule has 0 radical (unpaired) electrons. The first kappa shape index (κ1) is 12.9. The fourth-order valence-electron chi connectivity index (χ4n) is 1.47. The third kappa shape index (κ3) is 3.47. The molecule has 0 aliphatic heterocycles. The molecule has 0 atom stereocenters. The molecular formula is C13H10Br2ClN. The number of nitrogens with one attached hydrogen (secondary N) is 1. The van der Waals surface area contributed by atoms with E-state index in [0.29, 0.717) is 6.54 Å². The van der Waals surface area contributed by atoms with Crippen LogP contribution in [0.15, 0.2) is 51.4 Å². The maximum absolute atomic E-state index is 6.10. The van der Waals surface area contributed by atoms with Crippen LogP contribution in [0, 0.1) is 0 Å². The van der Waals surface area contributed by atoms with E-state index in [-0.39, 0.29) is 0 Å². The first-order valence-electron chi connectivity index (χ1n) is 5.09. The Hall–Kier alpha value is -0.510. The Morgan fingerprint density at radius 2 is 1.82 bits per heavy atom. The van der Waals surface area contributed by atoms with Gasteiger partial charge in [-0.25, -0.2) is 0 Å². The summed E-state index contributed by atoms with van der Waals surface area (Å²) in [6.07, 6.45) is 0. The van der Waals surface area contributed by atoms with Crippen molar-refractivity contribution in [3.8, 4) is 0 Å². The van der Waals surface area contributed by atoms with Crippen LogP contribution in [-0.4, -0.2) is 0 Å². The Kier molecular flexibility index (Phi) is 4.48. The number of anilines is 1. The van der Waals surface area contributed by atoms with Crippen molar-refractivity contribution < 1.29 is 0 Å². The van der Waals surface area contributed by atoms with E-state index in [0.717, 1.165) is 25.2 Å². The van der Waals surface area contributed by atoms with E-state index in [1.54, 1.807) is 0 Å². The lowest BCUT2D eigenvalue weighted by atomic mass is 10.2. The van der Waals surface area contributed by atoms with E-state index in [1.165, 1.54) is 0 Å². The van der Waals surface area contributed by atoms with Crippen LogP contribution in [0.1, 0.15) is 5.56 Å². The van der Waals surface area contributed by atoms with Crippen LogP contribution in [0.2, 0.25) is 5.02 Å². The van der Waals surface area contributed by atoms with Crippen molar-refractivity contribution in [2.24, 2.45) is 0 Å². The number of halogens is 3. The predicted octanol–water partition coefficient (Wildman–Crippen LogP) is 5.48. The first-order chi connectivity index (χ1) is 8.16. The molecule has 0 bridgehead atoms. The Balaban J connectivity index is 2.10. The molecule has 0 amide bonds. The molecule has 0 aliphatic rings. The Labute approximate surface area is 122 Å². The molecule has 4 heteroatoms. The zero-order valence-corrected chi connectivity index (χ0v) is 12.8. The third-order valence-corrected chi connectivity index (χ3v) is 3.88. The molecule has 0 heterocycles. The highest BCUT2D eigenvalue weighted by Gasteiger charge is 2.02. The van der Waals surface area contributed by atoms with E-state index in [9.17, 15) is 0 Å². The second kappa shape index (κ2) is 5.89. The van der Waals surface area contributed by atoms with Gasteiger partial charge in [-0.05, 0) is 45.8 Å². The molecule has 0 spiro atoms. The highest BCUT2D eigenvalue weighted by atomic mass is 79.9. The first-order valence-corrected chi connectivity index (χ1v) is 7.05. The summed E-state index contributed by atoms with van der Waals surface area (Å²) in [6.45, 7) is 0.708. The van der Waals surface area contributed by atoms with E-state index < -0.39 is 0 Å². The highest BCUT2D eigenvalue weighted by Crippen LogP contribution is 2.27. The van der Waals surface area contributed by atoms with Gasteiger partial charge in [0.25, 0.3) is 0 Å². The van der Waals surface area contributed by atoms with E-state index in [4.69, 9.17) is 11.6 Å². The summed E-state index contributed by atoms with van der Waals surface area (Å²) >= 11 is 13.0. The van der Waals surface area contributed by atoms with Crippen LogP contribution in [0.3, 0.4) is 0 Å². The fraction of sp³-hybridized carbons (Fsp3) is 0.0769. The van der Waals surface area contributed by atoms with Crippen molar-refractivity contribution in [1.29, 1.82) is 0 Å². The molecule has 0 fully saturated rings. The minimum Gasteiger partial charge on any atom is -0.380 e. The quantitative estimate of drug-likeness (QED) is 0.749. The largest absolute Gasteiger partial charge is 0.380 e. The second-order valence-corrected chi connectivity index (χ2v) is 5.75. The van der Waals surface area contributed by atoms with Gasteiger partial charge in [0.2, 0.25) is 0 Å². The molecule has 0 aliphatic carbocycles. The monoisotopic (exact) mass is 373 g/mol. The van der Waals surface area contributed by atoms with Crippen LogP contribution in [0.25, 0.3) is 0 Å². The van der Waals surface area contributed by atoms with E-state index >= 15 is 0 Å². The minimum absolute atomic E-state index is 0.708. The summed E-state index contributed by atoms with van der Waals surface area (Å²) in [5.74, 6) is 0. The summed E-state index contributed by atoms with van der Waals surface area (Å²) in [7, 11) is 0. The van der Waals surface area contributed by atoms with Crippen molar-refractivity contribution >= 4 is 49.1 Å². The smallest absolute Gasteiger partial charge is 0.0488 e. The lowest BCUT2D eigenvalue weighted by Gasteiger charge is -2.10. The molecule has 0 saturated heterocycles. The summed E-state index contributed by atoms with van der Waals surface area (Å²) in [4.78, 5) is 0. The number of hydrogen-bond acceptors (Lipinski definition) is 1. The Morgan fingerprint density at radius 1 is 1.06 bits per heavy atom. The van der Waals surface area contributed by atoms with Gasteiger partial charge in [0.15, 0.2) is 0 Å². The number of benzene rings is 2. The average Bonchev–Trinajstić information content (AvgIpc) is 2.30. The molecule has 2 aromatic rings. The van der Waals surface area contributed by atoms with Crippen LogP contribution >= 0.6 is 43.5 Å². The molecule has 0 unspecified atom stereocenters. The SMILES string of the molecule is Clc1ccccc1CNc1ccc(Br)cc1Br. The third-order valence-electron chi connectivity index (χ3n) is 2.36. The van der Waals surface area contributed by atoms with Crippen molar-refractivity contribution in [2.45, 2.75) is 6.54 Å². The molecule has 0 saturated carbocycles. The molecule has 1 nitrogen and oxygen atoms in total. The van der Waals surface area contributed by atoms with Crippen molar-refractivity contribution in [3.05, 3.63) is 62.0 Å². The fourth-order valence-corrected chi connectivity index (χ4v) is 2.85. The second-order valence-electron chi connectivity index (χ2n) is 3.57. The van der Waals surface area contributed by atoms with Crippen molar-refractivity contribution in [1.82, 2.24) is 0 Å². The normalized spacial score (nSPS) is 10.3. The van der Waals surface area contributed by atoms with Crippen molar-refractivity contribution in [3.63, 3.8) is 0 Å². The zero-order chi connectivity index (χ0) is 12.3. The maximum Gasteiger partial charge on any atom is 0.0488 e. The molecule has 88 valence electrons. The van der Waals surface area contributed by atoms with Crippen LogP contribution in [0.4, 0.5) is 5.69 Å².